The van der Waals surface area contributed by atoms with Gasteiger partial charge in [0.2, 0.25) is 0 Å². The van der Waals surface area contributed by atoms with Gasteiger partial charge in [-0.3, -0.25) is 4.99 Å². The second kappa shape index (κ2) is 11.5. The highest BCUT2D eigenvalue weighted by molar-refractivity contribution is 14.0. The van der Waals surface area contributed by atoms with E-state index in [1.165, 1.54) is 0 Å². The van der Waals surface area contributed by atoms with Gasteiger partial charge in [0, 0.05) is 25.9 Å². The Bertz CT molecular complexity index is 603. The van der Waals surface area contributed by atoms with Gasteiger partial charge in [0.05, 0.1) is 19.4 Å². The van der Waals surface area contributed by atoms with Crippen LogP contribution in [-0.4, -0.2) is 58.0 Å². The number of nitrogens with zero attached hydrogens (tertiary/aromatic N) is 2. The maximum Gasteiger partial charge on any atom is 0.193 e. The van der Waals surface area contributed by atoms with Gasteiger partial charge in [-0.2, -0.15) is 0 Å². The Morgan fingerprint density at radius 2 is 1.88 bits per heavy atom. The number of aliphatic imine (C=N–C) groups is 1. The molecule has 0 atom stereocenters. The van der Waals surface area contributed by atoms with Crippen LogP contribution in [0.2, 0.25) is 0 Å². The van der Waals surface area contributed by atoms with Gasteiger partial charge in [0.15, 0.2) is 15.8 Å². The molecule has 0 heterocycles. The zero-order valence-corrected chi connectivity index (χ0v) is 17.9. The summed E-state index contributed by atoms with van der Waals surface area (Å²) in [5.74, 6) is 1.76. The van der Waals surface area contributed by atoms with Gasteiger partial charge in [-0.05, 0) is 24.6 Å². The lowest BCUT2D eigenvalue weighted by Crippen LogP contribution is -2.38. The van der Waals surface area contributed by atoms with Gasteiger partial charge in [0.25, 0.3) is 0 Å². The fourth-order valence-corrected chi connectivity index (χ4v) is 2.64. The van der Waals surface area contributed by atoms with Crippen LogP contribution in [0.4, 0.5) is 0 Å². The van der Waals surface area contributed by atoms with Crippen LogP contribution in [-0.2, 0) is 16.4 Å². The summed E-state index contributed by atoms with van der Waals surface area (Å²) < 4.78 is 28.2. The first kappa shape index (κ1) is 23.0. The Labute approximate surface area is 162 Å². The van der Waals surface area contributed by atoms with E-state index in [1.807, 2.05) is 43.1 Å². The Morgan fingerprint density at radius 1 is 1.25 bits per heavy atom. The Kier molecular flexibility index (Phi) is 11.0. The average molecular weight is 469 g/mol. The van der Waals surface area contributed by atoms with Crippen molar-refractivity contribution in [1.82, 2.24) is 10.2 Å². The van der Waals surface area contributed by atoms with Crippen molar-refractivity contribution in [3.8, 4) is 5.75 Å². The minimum absolute atomic E-state index is 0. The summed E-state index contributed by atoms with van der Waals surface area (Å²) >= 11 is 0. The molecule has 0 saturated heterocycles. The number of rotatable bonds is 8. The summed E-state index contributed by atoms with van der Waals surface area (Å²) in [6.45, 7) is 5.31. The van der Waals surface area contributed by atoms with Gasteiger partial charge >= 0.3 is 0 Å². The van der Waals surface area contributed by atoms with E-state index in [1.54, 1.807) is 14.0 Å². The maximum absolute atomic E-state index is 11.5. The van der Waals surface area contributed by atoms with Crippen LogP contribution in [0.25, 0.3) is 0 Å². The Morgan fingerprint density at radius 3 is 2.38 bits per heavy atom. The molecule has 0 spiro atoms. The van der Waals surface area contributed by atoms with E-state index in [0.717, 1.165) is 17.9 Å². The van der Waals surface area contributed by atoms with Crippen molar-refractivity contribution in [2.24, 2.45) is 4.99 Å². The second-order valence-electron chi connectivity index (χ2n) is 5.18. The van der Waals surface area contributed by atoms with E-state index in [-0.39, 0.29) is 42.0 Å². The molecule has 0 aliphatic rings. The van der Waals surface area contributed by atoms with Crippen LogP contribution < -0.4 is 10.1 Å². The minimum Gasteiger partial charge on any atom is -0.497 e. The summed E-state index contributed by atoms with van der Waals surface area (Å²) in [7, 11) is 0.581. The van der Waals surface area contributed by atoms with Crippen molar-refractivity contribution in [2.75, 3.05) is 38.8 Å². The third-order valence-electron chi connectivity index (χ3n) is 3.38. The largest absolute Gasteiger partial charge is 0.497 e. The predicted molar refractivity (Wildman–Crippen MR) is 110 cm³/mol. The first-order valence-corrected chi connectivity index (χ1v) is 9.56. The highest BCUT2D eigenvalue weighted by Crippen LogP contribution is 2.12. The van der Waals surface area contributed by atoms with Crippen molar-refractivity contribution < 1.29 is 13.2 Å². The molecular formula is C16H28IN3O3S. The van der Waals surface area contributed by atoms with E-state index >= 15 is 0 Å². The molecule has 0 aliphatic carbocycles. The molecule has 1 aromatic rings. The molecule has 0 aromatic heterocycles. The lowest BCUT2D eigenvalue weighted by atomic mass is 10.2. The molecule has 0 radical (unpaired) electrons. The molecule has 0 fully saturated rings. The normalized spacial score (nSPS) is 11.6. The molecule has 1 aromatic carbocycles. The molecule has 1 rings (SSSR count). The van der Waals surface area contributed by atoms with E-state index in [0.29, 0.717) is 12.5 Å². The minimum atomic E-state index is -2.99. The molecule has 0 bridgehead atoms. The number of hydrogen-bond acceptors (Lipinski definition) is 4. The zero-order valence-electron chi connectivity index (χ0n) is 14.8. The molecule has 138 valence electrons. The first-order valence-electron chi connectivity index (χ1n) is 7.74. The van der Waals surface area contributed by atoms with Gasteiger partial charge in [-0.1, -0.05) is 19.1 Å². The summed E-state index contributed by atoms with van der Waals surface area (Å²) in [6.07, 6.45) is 0. The smallest absolute Gasteiger partial charge is 0.193 e. The van der Waals surface area contributed by atoms with Gasteiger partial charge in [0.1, 0.15) is 5.75 Å². The average Bonchev–Trinajstić information content (AvgIpc) is 2.54. The number of ether oxygens (including phenoxy) is 1. The van der Waals surface area contributed by atoms with Crippen molar-refractivity contribution in [3.05, 3.63) is 29.8 Å². The van der Waals surface area contributed by atoms with Crippen molar-refractivity contribution in [2.45, 2.75) is 20.4 Å². The summed E-state index contributed by atoms with van der Waals surface area (Å²) in [4.78, 5) is 6.38. The monoisotopic (exact) mass is 469 g/mol. The molecule has 24 heavy (non-hydrogen) atoms. The highest BCUT2D eigenvalue weighted by Gasteiger charge is 2.09. The first-order chi connectivity index (χ1) is 10.9. The molecule has 8 heteroatoms. The van der Waals surface area contributed by atoms with E-state index in [2.05, 4.69) is 10.3 Å². The molecule has 0 aliphatic heterocycles. The van der Waals surface area contributed by atoms with Crippen LogP contribution in [0.3, 0.4) is 0 Å². The topological polar surface area (TPSA) is 71.0 Å². The van der Waals surface area contributed by atoms with Crippen LogP contribution in [0.15, 0.2) is 29.3 Å². The molecule has 1 N–H and O–H groups in total. The summed E-state index contributed by atoms with van der Waals surface area (Å²) in [5.41, 5.74) is 1.13. The van der Waals surface area contributed by atoms with Crippen molar-refractivity contribution >= 4 is 39.8 Å². The second-order valence-corrected chi connectivity index (χ2v) is 7.65. The highest BCUT2D eigenvalue weighted by atomic mass is 127. The number of nitrogens with one attached hydrogen (secondary N) is 1. The summed E-state index contributed by atoms with van der Waals surface area (Å²) in [6, 6.07) is 7.84. The van der Waals surface area contributed by atoms with Gasteiger partial charge < -0.3 is 15.0 Å². The number of hydrogen-bond donors (Lipinski definition) is 1. The van der Waals surface area contributed by atoms with Crippen molar-refractivity contribution in [1.29, 1.82) is 0 Å². The van der Waals surface area contributed by atoms with Crippen LogP contribution >= 0.6 is 24.0 Å². The van der Waals surface area contributed by atoms with E-state index < -0.39 is 9.84 Å². The lowest BCUT2D eigenvalue weighted by molar-refractivity contribution is 0.414. The molecular weight excluding hydrogens is 441 g/mol. The Balaban J connectivity index is 0.00000529. The molecule has 0 amide bonds. The number of sulfone groups is 1. The SMILES string of the molecule is CCNC(=NCCS(=O)(=O)CC)N(C)Cc1ccc(OC)cc1.I. The number of halogens is 1. The molecule has 6 nitrogen and oxygen atoms in total. The third kappa shape index (κ3) is 8.18. The summed E-state index contributed by atoms with van der Waals surface area (Å²) in [5, 5.41) is 3.19. The standard InChI is InChI=1S/C16H27N3O3S.HI/c1-5-17-16(18-11-12-23(20,21)6-2)19(3)13-14-7-9-15(22-4)10-8-14;/h7-10H,5-6,11-13H2,1-4H3,(H,17,18);1H. The molecule has 0 unspecified atom stereocenters. The van der Waals surface area contributed by atoms with Crippen LogP contribution in [0, 0.1) is 0 Å². The number of guanidine groups is 1. The molecule has 0 saturated carbocycles. The zero-order chi connectivity index (χ0) is 17.3. The Hall–Kier alpha value is -1.03. The third-order valence-corrected chi connectivity index (χ3v) is 5.06. The van der Waals surface area contributed by atoms with Crippen LogP contribution in [0.1, 0.15) is 19.4 Å². The van der Waals surface area contributed by atoms with Crippen LogP contribution in [0.5, 0.6) is 5.75 Å². The lowest BCUT2D eigenvalue weighted by Gasteiger charge is -2.22. The fourth-order valence-electron chi connectivity index (χ4n) is 1.98. The van der Waals surface area contributed by atoms with Crippen molar-refractivity contribution in [3.63, 3.8) is 0 Å². The van der Waals surface area contributed by atoms with E-state index in [4.69, 9.17) is 4.74 Å². The van der Waals surface area contributed by atoms with Gasteiger partial charge in [-0.25, -0.2) is 8.42 Å². The van der Waals surface area contributed by atoms with Gasteiger partial charge in [-0.15, -0.1) is 24.0 Å². The predicted octanol–water partition coefficient (Wildman–Crippen LogP) is 2.15. The fraction of sp³-hybridized carbons (Fsp3) is 0.562. The maximum atomic E-state index is 11.5. The number of benzene rings is 1. The number of methoxy groups -OCH3 is 1. The quantitative estimate of drug-likeness (QED) is 0.359. The van der Waals surface area contributed by atoms with E-state index in [9.17, 15) is 8.42 Å².